The second kappa shape index (κ2) is 3.41. The molecular formula is C13H15N. The van der Waals surface area contributed by atoms with Crippen LogP contribution >= 0.6 is 0 Å². The van der Waals surface area contributed by atoms with Crippen LogP contribution in [0.1, 0.15) is 30.9 Å². The van der Waals surface area contributed by atoms with E-state index in [9.17, 15) is 0 Å². The predicted molar refractivity (Wildman–Crippen MR) is 60.6 cm³/mol. The molecule has 0 N–H and O–H groups in total. The van der Waals surface area contributed by atoms with E-state index in [-0.39, 0.29) is 0 Å². The first kappa shape index (κ1) is 9.20. The first-order valence-electron chi connectivity index (χ1n) is 5.04. The molecule has 1 heteroatoms. The molecule has 14 heavy (non-hydrogen) atoms. The Bertz CT molecular complexity index is 458. The molecule has 0 saturated heterocycles. The van der Waals surface area contributed by atoms with E-state index in [1.165, 1.54) is 16.5 Å². The monoisotopic (exact) mass is 185 g/mol. The van der Waals surface area contributed by atoms with Crippen molar-refractivity contribution in [3.05, 3.63) is 41.6 Å². The first-order valence-corrected chi connectivity index (χ1v) is 5.04. The van der Waals surface area contributed by atoms with Gasteiger partial charge in [0.1, 0.15) is 0 Å². The summed E-state index contributed by atoms with van der Waals surface area (Å²) in [5.41, 5.74) is 3.76. The van der Waals surface area contributed by atoms with Crippen molar-refractivity contribution in [2.75, 3.05) is 0 Å². The lowest BCUT2D eigenvalue weighted by molar-refractivity contribution is 0.874. The zero-order valence-electron chi connectivity index (χ0n) is 8.91. The molecule has 0 radical (unpaired) electrons. The number of aryl methyl sites for hydroxylation is 1. The summed E-state index contributed by atoms with van der Waals surface area (Å²) in [4.78, 5) is 4.39. The number of fused-ring (bicyclic) bond motifs is 1. The Morgan fingerprint density at radius 3 is 2.64 bits per heavy atom. The molecule has 72 valence electrons. The van der Waals surface area contributed by atoms with Crippen molar-refractivity contribution in [2.24, 2.45) is 0 Å². The summed E-state index contributed by atoms with van der Waals surface area (Å²) in [6, 6.07) is 8.58. The van der Waals surface area contributed by atoms with Crippen LogP contribution in [0.3, 0.4) is 0 Å². The highest BCUT2D eigenvalue weighted by Gasteiger charge is 2.04. The Kier molecular flexibility index (Phi) is 2.24. The van der Waals surface area contributed by atoms with Crippen molar-refractivity contribution in [2.45, 2.75) is 26.7 Å². The smallest absolute Gasteiger partial charge is 0.0707 e. The topological polar surface area (TPSA) is 12.9 Å². The van der Waals surface area contributed by atoms with E-state index in [0.717, 1.165) is 5.52 Å². The highest BCUT2D eigenvalue weighted by atomic mass is 14.6. The largest absolute Gasteiger partial charge is 0.256 e. The van der Waals surface area contributed by atoms with Crippen LogP contribution in [0.15, 0.2) is 30.5 Å². The molecular weight excluding hydrogens is 170 g/mol. The Morgan fingerprint density at radius 1 is 1.14 bits per heavy atom. The fraction of sp³-hybridized carbons (Fsp3) is 0.308. The third-order valence-electron chi connectivity index (χ3n) is 2.55. The minimum absolute atomic E-state index is 0.559. The number of aromatic nitrogens is 1. The van der Waals surface area contributed by atoms with Gasteiger partial charge in [-0.2, -0.15) is 0 Å². The number of rotatable bonds is 1. The Balaban J connectivity index is 2.75. The number of pyridine rings is 1. The maximum atomic E-state index is 4.39. The molecule has 2 aromatic rings. The summed E-state index contributed by atoms with van der Waals surface area (Å²) in [5, 5.41) is 1.29. The lowest BCUT2D eigenvalue weighted by Crippen LogP contribution is -1.91. The van der Waals surface area contributed by atoms with Gasteiger partial charge in [-0.25, -0.2) is 0 Å². The minimum Gasteiger partial charge on any atom is -0.256 e. The van der Waals surface area contributed by atoms with Crippen molar-refractivity contribution in [3.8, 4) is 0 Å². The van der Waals surface area contributed by atoms with E-state index in [2.05, 4.69) is 50.0 Å². The van der Waals surface area contributed by atoms with Gasteiger partial charge >= 0.3 is 0 Å². The number of nitrogens with zero attached hydrogens (tertiary/aromatic N) is 1. The third-order valence-corrected chi connectivity index (χ3v) is 2.55. The average Bonchev–Trinajstić information content (AvgIpc) is 2.16. The van der Waals surface area contributed by atoms with Gasteiger partial charge < -0.3 is 0 Å². The van der Waals surface area contributed by atoms with Gasteiger partial charge in [0.25, 0.3) is 0 Å². The SMILES string of the molecule is Cc1ccc2c(C(C)C)ccnc2c1. The molecule has 0 unspecified atom stereocenters. The molecule has 0 spiro atoms. The van der Waals surface area contributed by atoms with Gasteiger partial charge in [0.15, 0.2) is 0 Å². The maximum Gasteiger partial charge on any atom is 0.0707 e. The van der Waals surface area contributed by atoms with E-state index in [4.69, 9.17) is 0 Å². The van der Waals surface area contributed by atoms with Gasteiger partial charge in [-0.1, -0.05) is 26.0 Å². The average molecular weight is 185 g/mol. The molecule has 1 aromatic heterocycles. The molecule has 1 aromatic carbocycles. The molecule has 1 heterocycles. The second-order valence-corrected chi connectivity index (χ2v) is 4.08. The summed E-state index contributed by atoms with van der Waals surface area (Å²) >= 11 is 0. The standard InChI is InChI=1S/C13H15N/c1-9(2)11-6-7-14-13-8-10(3)4-5-12(11)13/h4-9H,1-3H3. The van der Waals surface area contributed by atoms with Crippen molar-refractivity contribution in [1.29, 1.82) is 0 Å². The Labute approximate surface area is 84.8 Å². The molecule has 0 bridgehead atoms. The van der Waals surface area contributed by atoms with Crippen molar-refractivity contribution in [1.82, 2.24) is 4.98 Å². The van der Waals surface area contributed by atoms with E-state index in [0.29, 0.717) is 5.92 Å². The van der Waals surface area contributed by atoms with E-state index in [1.54, 1.807) is 0 Å². The first-order chi connectivity index (χ1) is 6.68. The van der Waals surface area contributed by atoms with Gasteiger partial charge in [0.2, 0.25) is 0 Å². The maximum absolute atomic E-state index is 4.39. The van der Waals surface area contributed by atoms with Crippen LogP contribution in [0, 0.1) is 6.92 Å². The number of hydrogen-bond donors (Lipinski definition) is 0. The van der Waals surface area contributed by atoms with Crippen molar-refractivity contribution >= 4 is 10.9 Å². The van der Waals surface area contributed by atoms with Crippen LogP contribution in [0.25, 0.3) is 10.9 Å². The van der Waals surface area contributed by atoms with Gasteiger partial charge in [0, 0.05) is 11.6 Å². The highest BCUT2D eigenvalue weighted by Crippen LogP contribution is 2.24. The molecule has 0 amide bonds. The van der Waals surface area contributed by atoms with E-state index >= 15 is 0 Å². The lowest BCUT2D eigenvalue weighted by Gasteiger charge is -2.09. The molecule has 0 fully saturated rings. The van der Waals surface area contributed by atoms with Crippen LogP contribution in [0.4, 0.5) is 0 Å². The molecule has 0 atom stereocenters. The Hall–Kier alpha value is -1.37. The zero-order chi connectivity index (χ0) is 10.1. The molecule has 1 nitrogen and oxygen atoms in total. The van der Waals surface area contributed by atoms with Gasteiger partial charge in [-0.15, -0.1) is 0 Å². The fourth-order valence-corrected chi connectivity index (χ4v) is 1.78. The normalized spacial score (nSPS) is 11.1. The Morgan fingerprint density at radius 2 is 1.93 bits per heavy atom. The lowest BCUT2D eigenvalue weighted by atomic mass is 9.98. The predicted octanol–water partition coefficient (Wildman–Crippen LogP) is 3.67. The van der Waals surface area contributed by atoms with E-state index in [1.807, 2.05) is 6.20 Å². The van der Waals surface area contributed by atoms with E-state index < -0.39 is 0 Å². The molecule has 0 aliphatic carbocycles. The minimum atomic E-state index is 0.559. The number of hydrogen-bond acceptors (Lipinski definition) is 1. The van der Waals surface area contributed by atoms with Crippen molar-refractivity contribution < 1.29 is 0 Å². The zero-order valence-corrected chi connectivity index (χ0v) is 8.91. The van der Waals surface area contributed by atoms with Gasteiger partial charge in [-0.05, 0) is 36.1 Å². The van der Waals surface area contributed by atoms with Crippen molar-refractivity contribution in [3.63, 3.8) is 0 Å². The van der Waals surface area contributed by atoms with Crippen LogP contribution < -0.4 is 0 Å². The summed E-state index contributed by atoms with van der Waals surface area (Å²) in [6.45, 7) is 6.53. The van der Waals surface area contributed by atoms with Crippen LogP contribution in [-0.2, 0) is 0 Å². The summed E-state index contributed by atoms with van der Waals surface area (Å²) in [7, 11) is 0. The van der Waals surface area contributed by atoms with Crippen LogP contribution in [0.2, 0.25) is 0 Å². The summed E-state index contributed by atoms with van der Waals surface area (Å²) in [6.07, 6.45) is 1.90. The fourth-order valence-electron chi connectivity index (χ4n) is 1.78. The highest BCUT2D eigenvalue weighted by molar-refractivity contribution is 5.83. The quantitative estimate of drug-likeness (QED) is 0.660. The molecule has 0 aliphatic rings. The summed E-state index contributed by atoms with van der Waals surface area (Å²) < 4.78 is 0. The number of benzene rings is 1. The molecule has 0 saturated carbocycles. The van der Waals surface area contributed by atoms with Crippen LogP contribution in [-0.4, -0.2) is 4.98 Å². The second-order valence-electron chi connectivity index (χ2n) is 4.08. The van der Waals surface area contributed by atoms with Gasteiger partial charge in [-0.3, -0.25) is 4.98 Å². The molecule has 0 aliphatic heterocycles. The molecule has 2 rings (SSSR count). The summed E-state index contributed by atoms with van der Waals surface area (Å²) in [5.74, 6) is 0.559. The van der Waals surface area contributed by atoms with Crippen LogP contribution in [0.5, 0.6) is 0 Å². The van der Waals surface area contributed by atoms with Gasteiger partial charge in [0.05, 0.1) is 5.52 Å². The third kappa shape index (κ3) is 1.50.